The highest BCUT2D eigenvalue weighted by Gasteiger charge is 2.21. The molecule has 0 atom stereocenters. The lowest BCUT2D eigenvalue weighted by Gasteiger charge is -2.21. The van der Waals surface area contributed by atoms with E-state index in [1.807, 2.05) is 6.07 Å². The zero-order valence-corrected chi connectivity index (χ0v) is 17.9. The molecular weight excluding hydrogens is 423 g/mol. The highest BCUT2D eigenvalue weighted by Crippen LogP contribution is 2.23. The van der Waals surface area contributed by atoms with Gasteiger partial charge < -0.3 is 4.90 Å². The molecule has 9 heteroatoms. The summed E-state index contributed by atoms with van der Waals surface area (Å²) in [4.78, 5) is 15.2. The number of thiophene rings is 1. The van der Waals surface area contributed by atoms with Crippen molar-refractivity contribution in [3.63, 3.8) is 0 Å². The lowest BCUT2D eigenvalue weighted by Crippen LogP contribution is -2.32. The maximum Gasteiger partial charge on any atom is 0.242 e. The molecule has 0 radical (unpaired) electrons. The topological polar surface area (TPSA) is 57.7 Å². The van der Waals surface area contributed by atoms with Crippen molar-refractivity contribution < 1.29 is 17.6 Å². The summed E-state index contributed by atoms with van der Waals surface area (Å²) in [5.74, 6) is -0.585. The maximum atomic E-state index is 13.0. The molecule has 1 aromatic carbocycles. The van der Waals surface area contributed by atoms with E-state index in [0.717, 1.165) is 17.0 Å². The standard InChI is InChI=1S/C19H22ClFN2O3S2/c1-3-12-23(14-16-8-11-18(20)27-16)19(24)5-4-13-22(2)28(25,26)17-9-6-15(21)7-10-17/h3,6-11H,1,4-5,12-14H2,2H3. The van der Waals surface area contributed by atoms with E-state index in [9.17, 15) is 17.6 Å². The molecule has 0 saturated heterocycles. The van der Waals surface area contributed by atoms with Gasteiger partial charge in [0.05, 0.1) is 15.8 Å². The molecule has 0 aliphatic heterocycles. The Labute approximate surface area is 174 Å². The van der Waals surface area contributed by atoms with Crippen molar-refractivity contribution in [1.82, 2.24) is 9.21 Å². The van der Waals surface area contributed by atoms with E-state index >= 15 is 0 Å². The summed E-state index contributed by atoms with van der Waals surface area (Å²) in [5, 5.41) is 0. The fourth-order valence-electron chi connectivity index (χ4n) is 2.55. The molecule has 0 bridgehead atoms. The van der Waals surface area contributed by atoms with E-state index in [1.54, 1.807) is 17.0 Å². The van der Waals surface area contributed by atoms with E-state index < -0.39 is 15.8 Å². The van der Waals surface area contributed by atoms with Gasteiger partial charge in [0, 0.05) is 31.4 Å². The van der Waals surface area contributed by atoms with Crippen LogP contribution < -0.4 is 0 Å². The average molecular weight is 445 g/mol. The first-order valence-electron chi connectivity index (χ1n) is 8.59. The Bertz CT molecular complexity index is 914. The molecule has 1 heterocycles. The molecular formula is C19H22ClFN2O3S2. The summed E-state index contributed by atoms with van der Waals surface area (Å²) < 4.78 is 39.8. The Hall–Kier alpha value is -1.74. The van der Waals surface area contributed by atoms with Gasteiger partial charge in [-0.1, -0.05) is 17.7 Å². The highest BCUT2D eigenvalue weighted by molar-refractivity contribution is 7.89. The quantitative estimate of drug-likeness (QED) is 0.517. The predicted molar refractivity (Wildman–Crippen MR) is 110 cm³/mol. The highest BCUT2D eigenvalue weighted by atomic mass is 35.5. The van der Waals surface area contributed by atoms with Gasteiger partial charge in [-0.05, 0) is 42.8 Å². The summed E-state index contributed by atoms with van der Waals surface area (Å²) in [6.45, 7) is 4.70. The second kappa shape index (κ2) is 10.2. The number of carbonyl (C=O) groups excluding carboxylic acids is 1. The van der Waals surface area contributed by atoms with E-state index in [1.165, 1.54) is 34.8 Å². The van der Waals surface area contributed by atoms with Crippen molar-refractivity contribution in [3.8, 4) is 0 Å². The Morgan fingerprint density at radius 1 is 1.25 bits per heavy atom. The van der Waals surface area contributed by atoms with Gasteiger partial charge in [0.1, 0.15) is 5.82 Å². The van der Waals surface area contributed by atoms with Crippen LogP contribution in [0, 0.1) is 5.82 Å². The largest absolute Gasteiger partial charge is 0.334 e. The van der Waals surface area contributed by atoms with E-state index in [-0.39, 0.29) is 23.8 Å². The minimum absolute atomic E-state index is 0.0191. The van der Waals surface area contributed by atoms with Crippen LogP contribution in [0.4, 0.5) is 4.39 Å². The number of benzene rings is 1. The number of sulfonamides is 1. The van der Waals surface area contributed by atoms with Crippen LogP contribution in [0.1, 0.15) is 17.7 Å². The third-order valence-electron chi connectivity index (χ3n) is 4.06. The molecule has 152 valence electrons. The molecule has 28 heavy (non-hydrogen) atoms. The third-order valence-corrected chi connectivity index (χ3v) is 7.15. The molecule has 0 unspecified atom stereocenters. The van der Waals surface area contributed by atoms with Crippen molar-refractivity contribution in [2.45, 2.75) is 24.3 Å². The average Bonchev–Trinajstić information content (AvgIpc) is 3.06. The molecule has 1 amide bonds. The molecule has 2 rings (SSSR count). The molecule has 1 aromatic heterocycles. The van der Waals surface area contributed by atoms with E-state index in [4.69, 9.17) is 11.6 Å². The van der Waals surface area contributed by atoms with E-state index in [0.29, 0.717) is 23.8 Å². The number of rotatable bonds is 10. The van der Waals surface area contributed by atoms with Gasteiger partial charge in [0.25, 0.3) is 0 Å². The first-order chi connectivity index (χ1) is 13.2. The second-order valence-electron chi connectivity index (χ2n) is 6.15. The number of amides is 1. The SMILES string of the molecule is C=CCN(Cc1ccc(Cl)s1)C(=O)CCCN(C)S(=O)(=O)c1ccc(F)cc1. The van der Waals surface area contributed by atoms with Crippen LogP contribution in [0.3, 0.4) is 0 Å². The van der Waals surface area contributed by atoms with Crippen LogP contribution in [0.25, 0.3) is 0 Å². The normalized spacial score (nSPS) is 11.6. The molecule has 0 N–H and O–H groups in total. The lowest BCUT2D eigenvalue weighted by molar-refractivity contribution is -0.131. The molecule has 0 saturated carbocycles. The van der Waals surface area contributed by atoms with Crippen molar-refractivity contribution in [2.24, 2.45) is 0 Å². The van der Waals surface area contributed by atoms with Crippen LogP contribution in [-0.4, -0.2) is 43.7 Å². The molecule has 0 fully saturated rings. The second-order valence-corrected chi connectivity index (χ2v) is 10.00. The van der Waals surface area contributed by atoms with Crippen LogP contribution in [-0.2, 0) is 21.4 Å². The van der Waals surface area contributed by atoms with Crippen molar-refractivity contribution in [3.05, 3.63) is 64.1 Å². The summed E-state index contributed by atoms with van der Waals surface area (Å²) in [5.41, 5.74) is 0. The van der Waals surface area contributed by atoms with E-state index in [2.05, 4.69) is 6.58 Å². The predicted octanol–water partition coefficient (Wildman–Crippen LogP) is 4.16. The minimum atomic E-state index is -3.72. The molecule has 0 spiro atoms. The zero-order valence-electron chi connectivity index (χ0n) is 15.5. The first kappa shape index (κ1) is 22.5. The Morgan fingerprint density at radius 3 is 2.50 bits per heavy atom. The Morgan fingerprint density at radius 2 is 1.93 bits per heavy atom. The van der Waals surface area contributed by atoms with Gasteiger partial charge in [-0.3, -0.25) is 4.79 Å². The van der Waals surface area contributed by atoms with Crippen LogP contribution in [0.5, 0.6) is 0 Å². The number of hydrogen-bond acceptors (Lipinski definition) is 4. The Kier molecular flexibility index (Phi) is 8.18. The smallest absolute Gasteiger partial charge is 0.242 e. The fraction of sp³-hybridized carbons (Fsp3) is 0.316. The summed E-state index contributed by atoms with van der Waals surface area (Å²) in [6.07, 6.45) is 2.23. The van der Waals surface area contributed by atoms with Crippen molar-refractivity contribution in [2.75, 3.05) is 20.1 Å². The van der Waals surface area contributed by atoms with Gasteiger partial charge in [0.15, 0.2) is 0 Å². The number of carbonyl (C=O) groups is 1. The fourth-order valence-corrected chi connectivity index (χ4v) is 4.87. The Balaban J connectivity index is 1.91. The van der Waals surface area contributed by atoms with Crippen LogP contribution >= 0.6 is 22.9 Å². The van der Waals surface area contributed by atoms with Crippen molar-refractivity contribution >= 4 is 38.9 Å². The summed E-state index contributed by atoms with van der Waals surface area (Å²) >= 11 is 7.35. The zero-order chi connectivity index (χ0) is 20.7. The van der Waals surface area contributed by atoms with Crippen LogP contribution in [0.2, 0.25) is 4.34 Å². The molecule has 0 aliphatic carbocycles. The lowest BCUT2D eigenvalue weighted by atomic mass is 10.2. The molecule has 0 aliphatic rings. The summed E-state index contributed by atoms with van der Waals surface area (Å²) in [7, 11) is -2.27. The van der Waals surface area contributed by atoms with Gasteiger partial charge >= 0.3 is 0 Å². The number of hydrogen-bond donors (Lipinski definition) is 0. The van der Waals surface area contributed by atoms with Crippen molar-refractivity contribution in [1.29, 1.82) is 0 Å². The van der Waals surface area contributed by atoms with Crippen LogP contribution in [0.15, 0.2) is 53.9 Å². The minimum Gasteiger partial charge on any atom is -0.334 e. The number of nitrogens with zero attached hydrogens (tertiary/aromatic N) is 2. The number of halogens is 2. The van der Waals surface area contributed by atoms with Gasteiger partial charge in [-0.25, -0.2) is 17.1 Å². The maximum absolute atomic E-state index is 13.0. The monoisotopic (exact) mass is 444 g/mol. The third kappa shape index (κ3) is 6.13. The van der Waals surface area contributed by atoms with Gasteiger partial charge in [-0.15, -0.1) is 17.9 Å². The summed E-state index contributed by atoms with van der Waals surface area (Å²) in [6, 6.07) is 8.32. The van der Waals surface area contributed by atoms with Gasteiger partial charge in [0.2, 0.25) is 15.9 Å². The van der Waals surface area contributed by atoms with Gasteiger partial charge in [-0.2, -0.15) is 0 Å². The molecule has 5 nitrogen and oxygen atoms in total. The molecule has 2 aromatic rings. The first-order valence-corrected chi connectivity index (χ1v) is 11.2.